The molecule has 0 aromatic rings. The van der Waals surface area contributed by atoms with Crippen molar-refractivity contribution < 1.29 is 0 Å². The van der Waals surface area contributed by atoms with Crippen LogP contribution in [-0.4, -0.2) is 18.3 Å². The summed E-state index contributed by atoms with van der Waals surface area (Å²) in [6.45, 7) is 4.56. The lowest BCUT2D eigenvalue weighted by Crippen LogP contribution is -2.46. The molecule has 1 heterocycles. The zero-order valence-electron chi connectivity index (χ0n) is 5.22. The maximum atomic E-state index is 4.42. The smallest absolute Gasteiger partial charge is 0.00667 e. The second-order valence-electron chi connectivity index (χ2n) is 2.39. The summed E-state index contributed by atoms with van der Waals surface area (Å²) in [5, 5.41) is 3.86. The van der Waals surface area contributed by atoms with Crippen LogP contribution in [0.4, 0.5) is 0 Å². The fraction of sp³-hybridized carbons (Fsp3) is 1.00. The van der Waals surface area contributed by atoms with Gasteiger partial charge in [0.15, 0.2) is 0 Å². The fourth-order valence-electron chi connectivity index (χ4n) is 0.916. The Morgan fingerprint density at radius 2 is 2.38 bits per heavy atom. The van der Waals surface area contributed by atoms with Gasteiger partial charge < -0.3 is 5.32 Å². The van der Waals surface area contributed by atoms with Crippen LogP contribution in [0, 0.1) is 5.92 Å². The minimum Gasteiger partial charge on any atom is -0.316 e. The van der Waals surface area contributed by atoms with Gasteiger partial charge in [0.25, 0.3) is 0 Å². The minimum absolute atomic E-state index is 0.635. The number of hydrogen-bond acceptors (Lipinski definition) is 2. The number of thiol groups is 1. The van der Waals surface area contributed by atoms with Crippen molar-refractivity contribution in [3.63, 3.8) is 0 Å². The van der Waals surface area contributed by atoms with Crippen LogP contribution in [0.15, 0.2) is 0 Å². The SMILES string of the molecule is CCC(S)C1CNC1. The molecule has 8 heavy (non-hydrogen) atoms. The Labute approximate surface area is 56.3 Å². The summed E-state index contributed by atoms with van der Waals surface area (Å²) in [5.74, 6) is 0.850. The van der Waals surface area contributed by atoms with Gasteiger partial charge in [-0.05, 0) is 12.3 Å². The van der Waals surface area contributed by atoms with Crippen LogP contribution < -0.4 is 5.32 Å². The van der Waals surface area contributed by atoms with Crippen molar-refractivity contribution in [1.29, 1.82) is 0 Å². The van der Waals surface area contributed by atoms with Crippen LogP contribution in [0.3, 0.4) is 0 Å². The predicted octanol–water partition coefficient (Wildman–Crippen LogP) is 0.914. The Kier molecular flexibility index (Phi) is 2.20. The first-order chi connectivity index (χ1) is 3.84. The number of rotatable bonds is 2. The second kappa shape index (κ2) is 2.74. The molecule has 2 heteroatoms. The highest BCUT2D eigenvalue weighted by atomic mass is 32.1. The van der Waals surface area contributed by atoms with E-state index in [1.807, 2.05) is 0 Å². The first-order valence-corrected chi connectivity index (χ1v) is 3.75. The summed E-state index contributed by atoms with van der Waals surface area (Å²) in [4.78, 5) is 0. The molecule has 1 nitrogen and oxygen atoms in total. The zero-order chi connectivity index (χ0) is 5.98. The van der Waals surface area contributed by atoms with Gasteiger partial charge in [0.1, 0.15) is 0 Å². The summed E-state index contributed by atoms with van der Waals surface area (Å²) in [7, 11) is 0. The summed E-state index contributed by atoms with van der Waals surface area (Å²) in [6, 6.07) is 0. The molecule has 1 aliphatic rings. The molecule has 1 rings (SSSR count). The number of hydrogen-bond donors (Lipinski definition) is 2. The van der Waals surface area contributed by atoms with Crippen LogP contribution in [0.2, 0.25) is 0 Å². The van der Waals surface area contributed by atoms with Crippen LogP contribution in [0.25, 0.3) is 0 Å². The second-order valence-corrected chi connectivity index (χ2v) is 3.06. The Morgan fingerprint density at radius 1 is 1.75 bits per heavy atom. The van der Waals surface area contributed by atoms with Gasteiger partial charge in [-0.2, -0.15) is 12.6 Å². The lowest BCUT2D eigenvalue weighted by molar-refractivity contribution is 0.335. The molecule has 0 radical (unpaired) electrons. The Morgan fingerprint density at radius 3 is 2.50 bits per heavy atom. The summed E-state index contributed by atoms with van der Waals surface area (Å²) in [5.41, 5.74) is 0. The lowest BCUT2D eigenvalue weighted by Gasteiger charge is -2.31. The van der Waals surface area contributed by atoms with Gasteiger partial charge in [-0.1, -0.05) is 6.92 Å². The summed E-state index contributed by atoms with van der Waals surface area (Å²) < 4.78 is 0. The molecule has 0 amide bonds. The third kappa shape index (κ3) is 1.17. The van der Waals surface area contributed by atoms with Gasteiger partial charge in [-0.15, -0.1) is 0 Å². The van der Waals surface area contributed by atoms with E-state index in [0.717, 1.165) is 5.92 Å². The standard InChI is InChI=1S/C6H13NS/c1-2-6(8)5-3-7-4-5/h5-8H,2-4H2,1H3. The molecule has 1 aliphatic heterocycles. The highest BCUT2D eigenvalue weighted by Gasteiger charge is 2.22. The van der Waals surface area contributed by atoms with E-state index in [0.29, 0.717) is 5.25 Å². The highest BCUT2D eigenvalue weighted by Crippen LogP contribution is 2.16. The maximum Gasteiger partial charge on any atom is 0.00667 e. The summed E-state index contributed by atoms with van der Waals surface area (Å²) >= 11 is 4.42. The molecule has 0 bridgehead atoms. The van der Waals surface area contributed by atoms with Crippen molar-refractivity contribution in [3.05, 3.63) is 0 Å². The van der Waals surface area contributed by atoms with E-state index in [4.69, 9.17) is 0 Å². The molecule has 1 unspecified atom stereocenters. The van der Waals surface area contributed by atoms with E-state index in [1.165, 1.54) is 19.5 Å². The zero-order valence-corrected chi connectivity index (χ0v) is 6.12. The Balaban J connectivity index is 2.13. The van der Waals surface area contributed by atoms with E-state index >= 15 is 0 Å². The molecular formula is C6H13NS. The topological polar surface area (TPSA) is 12.0 Å². The number of nitrogens with one attached hydrogen (secondary N) is 1. The predicted molar refractivity (Wildman–Crippen MR) is 39.4 cm³/mol. The average Bonchev–Trinajstić information content (AvgIpc) is 1.62. The van der Waals surface area contributed by atoms with E-state index < -0.39 is 0 Å². The summed E-state index contributed by atoms with van der Waals surface area (Å²) in [6.07, 6.45) is 1.20. The van der Waals surface area contributed by atoms with Crippen LogP contribution in [0.5, 0.6) is 0 Å². The molecule has 48 valence electrons. The van der Waals surface area contributed by atoms with Crippen molar-refractivity contribution in [3.8, 4) is 0 Å². The average molecular weight is 131 g/mol. The largest absolute Gasteiger partial charge is 0.316 e. The quantitative estimate of drug-likeness (QED) is 0.531. The molecular weight excluding hydrogens is 118 g/mol. The van der Waals surface area contributed by atoms with Gasteiger partial charge in [0, 0.05) is 18.3 Å². The van der Waals surface area contributed by atoms with Crippen molar-refractivity contribution >= 4 is 12.6 Å². The van der Waals surface area contributed by atoms with Crippen LogP contribution in [-0.2, 0) is 0 Å². The van der Waals surface area contributed by atoms with Crippen molar-refractivity contribution in [2.45, 2.75) is 18.6 Å². The molecule has 0 aromatic carbocycles. The van der Waals surface area contributed by atoms with Gasteiger partial charge >= 0.3 is 0 Å². The minimum atomic E-state index is 0.635. The maximum absolute atomic E-state index is 4.42. The monoisotopic (exact) mass is 131 g/mol. The normalized spacial score (nSPS) is 24.8. The Bertz CT molecular complexity index is 68.2. The van der Waals surface area contributed by atoms with E-state index in [-0.39, 0.29) is 0 Å². The van der Waals surface area contributed by atoms with Crippen molar-refractivity contribution in [1.82, 2.24) is 5.32 Å². The highest BCUT2D eigenvalue weighted by molar-refractivity contribution is 7.81. The lowest BCUT2D eigenvalue weighted by atomic mass is 9.97. The van der Waals surface area contributed by atoms with Crippen LogP contribution in [0.1, 0.15) is 13.3 Å². The molecule has 0 aliphatic carbocycles. The van der Waals surface area contributed by atoms with Crippen LogP contribution >= 0.6 is 12.6 Å². The van der Waals surface area contributed by atoms with Gasteiger partial charge in [0.05, 0.1) is 0 Å². The van der Waals surface area contributed by atoms with Gasteiger partial charge in [-0.3, -0.25) is 0 Å². The van der Waals surface area contributed by atoms with E-state index in [9.17, 15) is 0 Å². The van der Waals surface area contributed by atoms with E-state index in [2.05, 4.69) is 24.9 Å². The van der Waals surface area contributed by atoms with Crippen molar-refractivity contribution in [2.24, 2.45) is 5.92 Å². The van der Waals surface area contributed by atoms with Crippen molar-refractivity contribution in [2.75, 3.05) is 13.1 Å². The molecule has 1 N–H and O–H groups in total. The first kappa shape index (κ1) is 6.43. The first-order valence-electron chi connectivity index (χ1n) is 3.23. The molecule has 1 fully saturated rings. The molecule has 0 aromatic heterocycles. The molecule has 1 saturated heterocycles. The fourth-order valence-corrected chi connectivity index (χ4v) is 1.13. The molecule has 0 saturated carbocycles. The van der Waals surface area contributed by atoms with Gasteiger partial charge in [0.2, 0.25) is 0 Å². The third-order valence-corrected chi connectivity index (χ3v) is 2.56. The van der Waals surface area contributed by atoms with E-state index in [1.54, 1.807) is 0 Å². The Hall–Kier alpha value is 0.310. The molecule has 0 spiro atoms. The molecule has 1 atom stereocenters. The van der Waals surface area contributed by atoms with Gasteiger partial charge in [-0.25, -0.2) is 0 Å². The third-order valence-electron chi connectivity index (χ3n) is 1.78.